The van der Waals surface area contributed by atoms with Gasteiger partial charge in [0, 0.05) is 56.1 Å². The lowest BCUT2D eigenvalue weighted by Crippen LogP contribution is -2.36. The van der Waals surface area contributed by atoms with E-state index >= 15 is 0 Å². The normalized spacial score (nSPS) is 19.4. The second kappa shape index (κ2) is 6.20. The molecule has 1 aromatic carbocycles. The molecule has 1 aliphatic heterocycles. The van der Waals surface area contributed by atoms with Crippen LogP contribution in [-0.2, 0) is 20.0 Å². The molecule has 1 fully saturated rings. The lowest BCUT2D eigenvalue weighted by molar-refractivity contribution is 0.166. The van der Waals surface area contributed by atoms with Gasteiger partial charge in [0.2, 0.25) is 0 Å². The van der Waals surface area contributed by atoms with E-state index in [1.807, 2.05) is 18.6 Å². The molecule has 3 aromatic rings. The first-order valence-corrected chi connectivity index (χ1v) is 8.53. The van der Waals surface area contributed by atoms with Crippen molar-refractivity contribution in [2.75, 3.05) is 13.1 Å². The Hall–Kier alpha value is -2.07. The van der Waals surface area contributed by atoms with Crippen LogP contribution in [0.15, 0.2) is 42.9 Å². The topological polar surface area (TPSA) is 36.9 Å². The Morgan fingerprint density at radius 1 is 1.30 bits per heavy atom. The van der Waals surface area contributed by atoms with Crippen LogP contribution in [0.3, 0.4) is 0 Å². The Kier molecular flexibility index (Phi) is 3.92. The second-order valence-corrected chi connectivity index (χ2v) is 6.76. The zero-order valence-corrected chi connectivity index (χ0v) is 13.7. The highest BCUT2D eigenvalue weighted by Crippen LogP contribution is 2.24. The molecule has 2 aromatic heterocycles. The molecule has 4 nitrogen and oxygen atoms in total. The standard InChI is InChI=1S/C19H24N4/c1-22-11-9-21-19(22)12-15-4-3-10-23(13-15)14-16-5-2-6-18-17(16)7-8-20-18/h2,5-9,11,15,20H,3-4,10,12-14H2,1H3/t15-/m1/s1. The van der Waals surface area contributed by atoms with E-state index in [0.717, 1.165) is 18.9 Å². The van der Waals surface area contributed by atoms with Crippen LogP contribution in [-0.4, -0.2) is 32.5 Å². The molecule has 1 saturated heterocycles. The Morgan fingerprint density at radius 2 is 2.26 bits per heavy atom. The summed E-state index contributed by atoms with van der Waals surface area (Å²) in [5.41, 5.74) is 2.67. The van der Waals surface area contributed by atoms with Gasteiger partial charge in [0.25, 0.3) is 0 Å². The Labute approximate surface area is 137 Å². The van der Waals surface area contributed by atoms with E-state index in [9.17, 15) is 0 Å². The van der Waals surface area contributed by atoms with Gasteiger partial charge in [0.1, 0.15) is 5.82 Å². The smallest absolute Gasteiger partial charge is 0.108 e. The maximum Gasteiger partial charge on any atom is 0.108 e. The number of aromatic nitrogens is 3. The lowest BCUT2D eigenvalue weighted by Gasteiger charge is -2.32. The number of rotatable bonds is 4. The third-order valence-electron chi connectivity index (χ3n) is 5.07. The van der Waals surface area contributed by atoms with Crippen LogP contribution in [0.5, 0.6) is 0 Å². The summed E-state index contributed by atoms with van der Waals surface area (Å²) in [5, 5.41) is 1.36. The summed E-state index contributed by atoms with van der Waals surface area (Å²) in [5.74, 6) is 1.93. The largest absolute Gasteiger partial charge is 0.361 e. The van der Waals surface area contributed by atoms with Crippen LogP contribution < -0.4 is 0 Å². The molecule has 0 aliphatic carbocycles. The zero-order chi connectivity index (χ0) is 15.6. The fourth-order valence-electron chi connectivity index (χ4n) is 3.84. The molecule has 0 spiro atoms. The number of H-pyrrole nitrogens is 1. The van der Waals surface area contributed by atoms with Crippen molar-refractivity contribution in [2.24, 2.45) is 13.0 Å². The molecule has 4 rings (SSSR count). The van der Waals surface area contributed by atoms with Crippen LogP contribution in [0.25, 0.3) is 10.9 Å². The third-order valence-corrected chi connectivity index (χ3v) is 5.07. The number of hydrogen-bond acceptors (Lipinski definition) is 2. The first-order chi connectivity index (χ1) is 11.3. The molecule has 120 valence electrons. The predicted octanol–water partition coefficient (Wildman–Crippen LogP) is 3.36. The average molecular weight is 308 g/mol. The second-order valence-electron chi connectivity index (χ2n) is 6.76. The van der Waals surface area contributed by atoms with Crippen LogP contribution in [0, 0.1) is 5.92 Å². The van der Waals surface area contributed by atoms with Gasteiger partial charge in [-0.05, 0) is 43.0 Å². The lowest BCUT2D eigenvalue weighted by atomic mass is 9.94. The summed E-state index contributed by atoms with van der Waals surface area (Å²) in [6, 6.07) is 8.76. The quantitative estimate of drug-likeness (QED) is 0.802. The first-order valence-electron chi connectivity index (χ1n) is 8.53. The first kappa shape index (κ1) is 14.5. The highest BCUT2D eigenvalue weighted by Gasteiger charge is 2.22. The summed E-state index contributed by atoms with van der Waals surface area (Å²) in [6.07, 6.45) is 9.68. The molecule has 1 atom stereocenters. The summed E-state index contributed by atoms with van der Waals surface area (Å²) in [4.78, 5) is 10.4. The van der Waals surface area contributed by atoms with Gasteiger partial charge in [-0.15, -0.1) is 0 Å². The third kappa shape index (κ3) is 3.04. The van der Waals surface area contributed by atoms with Gasteiger partial charge < -0.3 is 9.55 Å². The van der Waals surface area contributed by atoms with Crippen LogP contribution >= 0.6 is 0 Å². The fourth-order valence-corrected chi connectivity index (χ4v) is 3.84. The molecule has 0 radical (unpaired) electrons. The molecule has 3 heterocycles. The SMILES string of the molecule is Cn1ccnc1C[C@H]1CCCN(Cc2cccc3[nH]ccc23)C1. The molecule has 0 bridgehead atoms. The minimum Gasteiger partial charge on any atom is -0.361 e. The van der Waals surface area contributed by atoms with E-state index in [1.54, 1.807) is 0 Å². The summed E-state index contributed by atoms with van der Waals surface area (Å²) < 4.78 is 2.15. The summed E-state index contributed by atoms with van der Waals surface area (Å²) >= 11 is 0. The molecule has 23 heavy (non-hydrogen) atoms. The molecule has 0 saturated carbocycles. The van der Waals surface area contributed by atoms with Gasteiger partial charge in [-0.25, -0.2) is 4.98 Å². The van der Waals surface area contributed by atoms with Gasteiger partial charge in [-0.1, -0.05) is 12.1 Å². The molecule has 0 amide bonds. The van der Waals surface area contributed by atoms with Gasteiger partial charge in [-0.2, -0.15) is 0 Å². The predicted molar refractivity (Wildman–Crippen MR) is 93.2 cm³/mol. The van der Waals surface area contributed by atoms with Crippen molar-refractivity contribution in [3.05, 3.63) is 54.2 Å². The molecule has 0 unspecified atom stereocenters. The number of benzene rings is 1. The van der Waals surface area contributed by atoms with E-state index in [-0.39, 0.29) is 0 Å². The van der Waals surface area contributed by atoms with Crippen LogP contribution in [0.2, 0.25) is 0 Å². The van der Waals surface area contributed by atoms with Crippen molar-refractivity contribution < 1.29 is 0 Å². The number of fused-ring (bicyclic) bond motifs is 1. The van der Waals surface area contributed by atoms with Crippen LogP contribution in [0.1, 0.15) is 24.2 Å². The Balaban J connectivity index is 1.45. The number of aryl methyl sites for hydroxylation is 1. The van der Waals surface area contributed by atoms with Crippen molar-refractivity contribution in [1.82, 2.24) is 19.4 Å². The molecule has 1 aliphatic rings. The molecular formula is C19H24N4. The maximum absolute atomic E-state index is 4.49. The van der Waals surface area contributed by atoms with Crippen molar-refractivity contribution in [1.29, 1.82) is 0 Å². The van der Waals surface area contributed by atoms with Gasteiger partial charge in [0.15, 0.2) is 0 Å². The van der Waals surface area contributed by atoms with Crippen molar-refractivity contribution in [2.45, 2.75) is 25.8 Å². The van der Waals surface area contributed by atoms with E-state index in [1.165, 1.54) is 48.2 Å². The summed E-state index contributed by atoms with van der Waals surface area (Å²) in [6.45, 7) is 3.43. The number of imidazole rings is 1. The average Bonchev–Trinajstić information content (AvgIpc) is 3.18. The van der Waals surface area contributed by atoms with E-state index < -0.39 is 0 Å². The van der Waals surface area contributed by atoms with Gasteiger partial charge in [-0.3, -0.25) is 4.90 Å². The Bertz CT molecular complexity index is 785. The summed E-state index contributed by atoms with van der Waals surface area (Å²) in [7, 11) is 2.09. The maximum atomic E-state index is 4.49. The molecular weight excluding hydrogens is 284 g/mol. The van der Waals surface area contributed by atoms with E-state index in [0.29, 0.717) is 0 Å². The minimum absolute atomic E-state index is 0.718. The number of nitrogens with one attached hydrogen (secondary N) is 1. The van der Waals surface area contributed by atoms with E-state index in [4.69, 9.17) is 0 Å². The van der Waals surface area contributed by atoms with Crippen LogP contribution in [0.4, 0.5) is 0 Å². The highest BCUT2D eigenvalue weighted by atomic mass is 15.1. The fraction of sp³-hybridized carbons (Fsp3) is 0.421. The van der Waals surface area contributed by atoms with Crippen molar-refractivity contribution >= 4 is 10.9 Å². The number of nitrogens with zero attached hydrogens (tertiary/aromatic N) is 3. The van der Waals surface area contributed by atoms with Gasteiger partial charge in [0.05, 0.1) is 0 Å². The van der Waals surface area contributed by atoms with Gasteiger partial charge >= 0.3 is 0 Å². The Morgan fingerprint density at radius 3 is 3.13 bits per heavy atom. The number of aromatic amines is 1. The highest BCUT2D eigenvalue weighted by molar-refractivity contribution is 5.82. The zero-order valence-electron chi connectivity index (χ0n) is 13.7. The number of piperidine rings is 1. The van der Waals surface area contributed by atoms with Crippen molar-refractivity contribution in [3.8, 4) is 0 Å². The molecule has 4 heteroatoms. The monoisotopic (exact) mass is 308 g/mol. The number of likely N-dealkylation sites (tertiary alicyclic amines) is 1. The minimum atomic E-state index is 0.718. The number of hydrogen-bond donors (Lipinski definition) is 1. The molecule has 1 N–H and O–H groups in total. The van der Waals surface area contributed by atoms with E-state index in [2.05, 4.69) is 50.7 Å². The van der Waals surface area contributed by atoms with Crippen molar-refractivity contribution in [3.63, 3.8) is 0 Å².